The number of anilines is 3. The maximum absolute atomic E-state index is 13.5. The van der Waals surface area contributed by atoms with Crippen molar-refractivity contribution in [3.63, 3.8) is 0 Å². The largest absolute Gasteiger partial charge is 0.490 e. The Morgan fingerprint density at radius 2 is 1.52 bits per heavy atom. The van der Waals surface area contributed by atoms with Gasteiger partial charge in [0, 0.05) is 31.6 Å². The van der Waals surface area contributed by atoms with Crippen LogP contribution in [0, 0.1) is 11.3 Å². The average molecular weight is 714 g/mol. The molecular weight excluding hydrogens is 666 g/mol. The first-order valence-corrected chi connectivity index (χ1v) is 17.1. The molecule has 3 amide bonds. The average Bonchev–Trinajstić information content (AvgIpc) is 3.08. The van der Waals surface area contributed by atoms with E-state index in [1.165, 1.54) is 4.90 Å². The monoisotopic (exact) mass is 713 g/mol. The van der Waals surface area contributed by atoms with Crippen molar-refractivity contribution in [2.75, 3.05) is 41.7 Å². The van der Waals surface area contributed by atoms with Crippen LogP contribution in [0.3, 0.4) is 0 Å². The zero-order chi connectivity index (χ0) is 37.9. The fraction of sp³-hybridized carbons (Fsp3) is 0.410. The second-order valence-corrected chi connectivity index (χ2v) is 14.2. The molecule has 13 heteroatoms. The fourth-order valence-corrected chi connectivity index (χ4v) is 5.25. The smallest absolute Gasteiger partial charge is 0.415 e. The molecule has 276 valence electrons. The minimum atomic E-state index is -0.753. The SMILES string of the molecule is CC(C)(C)OC(=O)CNc1c(C#N)cccc1NC(=O)CN(C(=O)OCc1ccccc1)c1ccc(OC2CCN(C(=O)OC(C)(C)C)CC2)cc1. The van der Waals surface area contributed by atoms with Crippen LogP contribution in [0.4, 0.5) is 26.7 Å². The number of hydrogen-bond donors (Lipinski definition) is 2. The van der Waals surface area contributed by atoms with Gasteiger partial charge in [0.2, 0.25) is 5.91 Å². The zero-order valence-corrected chi connectivity index (χ0v) is 30.6. The Balaban J connectivity index is 1.46. The van der Waals surface area contributed by atoms with Gasteiger partial charge in [0.1, 0.15) is 48.8 Å². The molecule has 1 aliphatic rings. The zero-order valence-electron chi connectivity index (χ0n) is 30.6. The molecule has 1 heterocycles. The third-order valence-electron chi connectivity index (χ3n) is 7.56. The molecule has 0 atom stereocenters. The summed E-state index contributed by atoms with van der Waals surface area (Å²) in [5.41, 5.74) is 0.568. The lowest BCUT2D eigenvalue weighted by Crippen LogP contribution is -2.44. The van der Waals surface area contributed by atoms with Crippen molar-refractivity contribution >= 4 is 41.1 Å². The van der Waals surface area contributed by atoms with Crippen molar-refractivity contribution < 1.29 is 38.1 Å². The van der Waals surface area contributed by atoms with Crippen LogP contribution in [0.15, 0.2) is 72.8 Å². The molecular formula is C39H47N5O8. The number of hydrogen-bond acceptors (Lipinski definition) is 10. The van der Waals surface area contributed by atoms with Crippen molar-refractivity contribution in [3.05, 3.63) is 83.9 Å². The van der Waals surface area contributed by atoms with E-state index >= 15 is 0 Å². The van der Waals surface area contributed by atoms with Gasteiger partial charge in [0.25, 0.3) is 0 Å². The number of ether oxygens (including phenoxy) is 4. The summed E-state index contributed by atoms with van der Waals surface area (Å²) in [6.07, 6.45) is 0.0342. The highest BCUT2D eigenvalue weighted by Gasteiger charge is 2.28. The van der Waals surface area contributed by atoms with E-state index in [4.69, 9.17) is 18.9 Å². The maximum atomic E-state index is 13.5. The van der Waals surface area contributed by atoms with Crippen LogP contribution in [0.5, 0.6) is 5.75 Å². The minimum absolute atomic E-state index is 0.00999. The topological polar surface area (TPSA) is 160 Å². The number of rotatable bonds is 11. The van der Waals surface area contributed by atoms with Gasteiger partial charge in [-0.25, -0.2) is 9.59 Å². The third kappa shape index (κ3) is 12.2. The number of para-hydroxylation sites is 1. The van der Waals surface area contributed by atoms with Crippen molar-refractivity contribution in [1.82, 2.24) is 4.90 Å². The molecule has 0 unspecified atom stereocenters. The van der Waals surface area contributed by atoms with Crippen LogP contribution >= 0.6 is 0 Å². The van der Waals surface area contributed by atoms with Gasteiger partial charge >= 0.3 is 18.2 Å². The van der Waals surface area contributed by atoms with Gasteiger partial charge in [0.15, 0.2) is 0 Å². The quantitative estimate of drug-likeness (QED) is 0.159. The maximum Gasteiger partial charge on any atom is 0.415 e. The van der Waals surface area contributed by atoms with Gasteiger partial charge < -0.3 is 34.5 Å². The standard InChI is InChI=1S/C39H47N5O8/c1-38(2,3)51-34(46)24-41-35-28(23-40)13-10-14-32(35)42-33(45)25-44(37(48)49-26-27-11-8-7-9-12-27)29-15-17-30(18-16-29)50-31-19-21-43(22-20-31)36(47)52-39(4,5)6/h7-18,31,41H,19-22,24-26H2,1-6H3,(H,42,45). The van der Waals surface area contributed by atoms with Crippen LogP contribution in [0.25, 0.3) is 0 Å². The molecule has 0 bridgehead atoms. The van der Waals surface area contributed by atoms with Crippen molar-refractivity contribution in [2.24, 2.45) is 0 Å². The number of amides is 3. The Labute approximate surface area is 304 Å². The van der Waals surface area contributed by atoms with E-state index in [0.29, 0.717) is 37.4 Å². The molecule has 0 aliphatic carbocycles. The molecule has 1 fully saturated rings. The molecule has 1 aliphatic heterocycles. The van der Waals surface area contributed by atoms with Gasteiger partial charge in [-0.15, -0.1) is 0 Å². The first-order valence-electron chi connectivity index (χ1n) is 17.1. The van der Waals surface area contributed by atoms with E-state index in [-0.39, 0.29) is 42.3 Å². The summed E-state index contributed by atoms with van der Waals surface area (Å²) < 4.78 is 22.6. The summed E-state index contributed by atoms with van der Waals surface area (Å²) >= 11 is 0. The first-order chi connectivity index (χ1) is 24.6. The third-order valence-corrected chi connectivity index (χ3v) is 7.56. The number of nitriles is 1. The van der Waals surface area contributed by atoms with E-state index in [2.05, 4.69) is 16.7 Å². The molecule has 13 nitrogen and oxygen atoms in total. The minimum Gasteiger partial charge on any atom is -0.490 e. The molecule has 0 radical (unpaired) electrons. The van der Waals surface area contributed by atoms with Gasteiger partial charge in [-0.2, -0.15) is 5.26 Å². The molecule has 52 heavy (non-hydrogen) atoms. The fourth-order valence-electron chi connectivity index (χ4n) is 5.25. The number of carbonyl (C=O) groups excluding carboxylic acids is 4. The Hall–Kier alpha value is -5.77. The Morgan fingerprint density at radius 3 is 2.13 bits per heavy atom. The lowest BCUT2D eigenvalue weighted by Gasteiger charge is -2.33. The summed E-state index contributed by atoms with van der Waals surface area (Å²) in [5.74, 6) is -0.553. The molecule has 0 saturated carbocycles. The lowest BCUT2D eigenvalue weighted by molar-refractivity contribution is -0.152. The first kappa shape index (κ1) is 39.0. The van der Waals surface area contributed by atoms with Crippen molar-refractivity contribution in [3.8, 4) is 11.8 Å². The number of likely N-dealkylation sites (tertiary alicyclic amines) is 1. The van der Waals surface area contributed by atoms with Crippen LogP contribution in [-0.4, -0.2) is 72.4 Å². The molecule has 2 N–H and O–H groups in total. The van der Waals surface area contributed by atoms with E-state index in [1.807, 2.05) is 51.1 Å². The number of benzene rings is 3. The highest BCUT2D eigenvalue weighted by atomic mass is 16.6. The number of esters is 1. The second-order valence-electron chi connectivity index (χ2n) is 14.2. The van der Waals surface area contributed by atoms with Crippen LogP contribution in [0.2, 0.25) is 0 Å². The second kappa shape index (κ2) is 17.4. The van der Waals surface area contributed by atoms with E-state index in [9.17, 15) is 24.4 Å². The highest BCUT2D eigenvalue weighted by molar-refractivity contribution is 6.02. The van der Waals surface area contributed by atoms with Gasteiger partial charge in [-0.05, 0) is 83.5 Å². The number of nitrogens with one attached hydrogen (secondary N) is 2. The van der Waals surface area contributed by atoms with Gasteiger partial charge in [-0.3, -0.25) is 14.5 Å². The molecule has 1 saturated heterocycles. The molecule has 0 aromatic heterocycles. The predicted octanol–water partition coefficient (Wildman–Crippen LogP) is 6.87. The summed E-state index contributed by atoms with van der Waals surface area (Å²) in [7, 11) is 0. The number of carbonyl (C=O) groups is 4. The molecule has 3 aromatic carbocycles. The van der Waals surface area contributed by atoms with Gasteiger partial charge in [-0.1, -0.05) is 36.4 Å². The van der Waals surface area contributed by atoms with Crippen LogP contribution in [0.1, 0.15) is 65.5 Å². The van der Waals surface area contributed by atoms with Gasteiger partial charge in [0.05, 0.1) is 16.9 Å². The summed E-state index contributed by atoms with van der Waals surface area (Å²) in [6.45, 7) is 11.1. The van der Waals surface area contributed by atoms with Crippen molar-refractivity contribution in [2.45, 2.75) is 78.3 Å². The van der Waals surface area contributed by atoms with E-state index < -0.39 is 35.7 Å². The number of nitrogens with zero attached hydrogens (tertiary/aromatic N) is 3. The number of piperidine rings is 1. The highest BCUT2D eigenvalue weighted by Crippen LogP contribution is 2.28. The lowest BCUT2D eigenvalue weighted by atomic mass is 10.1. The Kier molecular flexibility index (Phi) is 13.1. The Bertz CT molecular complexity index is 1740. The molecule has 3 aromatic rings. The molecule has 4 rings (SSSR count). The normalized spacial score (nSPS) is 13.3. The predicted molar refractivity (Wildman–Crippen MR) is 196 cm³/mol. The van der Waals surface area contributed by atoms with Crippen LogP contribution in [-0.2, 0) is 30.4 Å². The Morgan fingerprint density at radius 1 is 0.865 bits per heavy atom. The summed E-state index contributed by atoms with van der Waals surface area (Å²) in [5, 5.41) is 15.4. The summed E-state index contributed by atoms with van der Waals surface area (Å²) in [6, 6.07) is 22.7. The van der Waals surface area contributed by atoms with E-state index in [1.54, 1.807) is 68.1 Å². The molecule has 0 spiro atoms. The van der Waals surface area contributed by atoms with Crippen molar-refractivity contribution in [1.29, 1.82) is 5.26 Å². The van der Waals surface area contributed by atoms with E-state index in [0.717, 1.165) is 5.56 Å². The summed E-state index contributed by atoms with van der Waals surface area (Å²) in [4.78, 5) is 54.7. The van der Waals surface area contributed by atoms with Crippen LogP contribution < -0.4 is 20.3 Å².